The summed E-state index contributed by atoms with van der Waals surface area (Å²) >= 11 is 0. The highest BCUT2D eigenvalue weighted by Gasteiger charge is 2.17. The first kappa shape index (κ1) is 19.4. The van der Waals surface area contributed by atoms with E-state index in [4.69, 9.17) is 0 Å². The Labute approximate surface area is 161 Å². The van der Waals surface area contributed by atoms with Crippen LogP contribution in [0, 0.1) is 12.7 Å². The maximum Gasteiger partial charge on any atom is 0.221 e. The number of hydrogen-bond donors (Lipinski definition) is 1. The summed E-state index contributed by atoms with van der Waals surface area (Å²) in [6, 6.07) is 15.3. The third-order valence-electron chi connectivity index (χ3n) is 5.07. The molecular formula is C22H28FN3O. The molecule has 1 aliphatic rings. The van der Waals surface area contributed by atoms with Crippen molar-refractivity contribution in [1.82, 2.24) is 10.2 Å². The largest absolute Gasteiger partial charge is 0.369 e. The van der Waals surface area contributed by atoms with E-state index < -0.39 is 0 Å². The average Bonchev–Trinajstić information content (AvgIpc) is 2.68. The number of carbonyl (C=O) groups is 1. The van der Waals surface area contributed by atoms with Crippen LogP contribution in [0.5, 0.6) is 0 Å². The van der Waals surface area contributed by atoms with Gasteiger partial charge in [-0.25, -0.2) is 4.39 Å². The van der Waals surface area contributed by atoms with Gasteiger partial charge in [0, 0.05) is 51.4 Å². The Morgan fingerprint density at radius 1 is 1.07 bits per heavy atom. The van der Waals surface area contributed by atoms with Gasteiger partial charge in [0.15, 0.2) is 0 Å². The number of amides is 1. The summed E-state index contributed by atoms with van der Waals surface area (Å²) in [5.74, 6) is -0.175. The maximum atomic E-state index is 13.6. The number of hydrogen-bond acceptors (Lipinski definition) is 3. The molecule has 1 aliphatic heterocycles. The minimum Gasteiger partial charge on any atom is -0.369 e. The van der Waals surface area contributed by atoms with Crippen molar-refractivity contribution in [2.45, 2.75) is 19.8 Å². The van der Waals surface area contributed by atoms with E-state index in [0.29, 0.717) is 24.9 Å². The van der Waals surface area contributed by atoms with Gasteiger partial charge >= 0.3 is 0 Å². The highest BCUT2D eigenvalue weighted by molar-refractivity contribution is 5.76. The van der Waals surface area contributed by atoms with Gasteiger partial charge in [-0.05, 0) is 42.7 Å². The first-order valence-electron chi connectivity index (χ1n) is 9.66. The molecule has 1 fully saturated rings. The zero-order valence-electron chi connectivity index (χ0n) is 16.0. The number of carbonyl (C=O) groups excluding carboxylic acids is 1. The van der Waals surface area contributed by atoms with Crippen LogP contribution in [-0.4, -0.2) is 50.1 Å². The Morgan fingerprint density at radius 3 is 2.59 bits per heavy atom. The van der Waals surface area contributed by atoms with Crippen LogP contribution in [0.4, 0.5) is 10.1 Å². The van der Waals surface area contributed by atoms with Crippen LogP contribution in [-0.2, 0) is 11.2 Å². The molecule has 1 heterocycles. The summed E-state index contributed by atoms with van der Waals surface area (Å²) in [5.41, 5.74) is 3.20. The molecule has 0 aliphatic carbocycles. The van der Waals surface area contributed by atoms with Gasteiger partial charge in [0.2, 0.25) is 5.91 Å². The van der Waals surface area contributed by atoms with Crippen molar-refractivity contribution in [3.05, 3.63) is 65.5 Å². The number of nitrogens with one attached hydrogen (secondary N) is 1. The van der Waals surface area contributed by atoms with E-state index in [1.807, 2.05) is 6.07 Å². The summed E-state index contributed by atoms with van der Waals surface area (Å²) in [4.78, 5) is 16.8. The number of anilines is 1. The Morgan fingerprint density at radius 2 is 1.85 bits per heavy atom. The monoisotopic (exact) mass is 369 g/mol. The summed E-state index contributed by atoms with van der Waals surface area (Å²) < 4.78 is 13.6. The topological polar surface area (TPSA) is 35.6 Å². The summed E-state index contributed by atoms with van der Waals surface area (Å²) in [6.45, 7) is 7.27. The molecule has 0 aromatic heterocycles. The second-order valence-electron chi connectivity index (χ2n) is 7.11. The van der Waals surface area contributed by atoms with Gasteiger partial charge in [0.25, 0.3) is 0 Å². The SMILES string of the molecule is Cc1cccc(N2CCN(CCC(=O)NCCc3ccccc3F)CC2)c1. The lowest BCUT2D eigenvalue weighted by Crippen LogP contribution is -2.47. The molecule has 0 atom stereocenters. The molecular weight excluding hydrogens is 341 g/mol. The van der Waals surface area contributed by atoms with Gasteiger partial charge in [-0.15, -0.1) is 0 Å². The Hall–Kier alpha value is -2.40. The van der Waals surface area contributed by atoms with Gasteiger partial charge in [-0.1, -0.05) is 30.3 Å². The Bertz CT molecular complexity index is 757. The molecule has 3 rings (SSSR count). The maximum absolute atomic E-state index is 13.6. The Balaban J connectivity index is 1.34. The second kappa shape index (κ2) is 9.51. The number of benzene rings is 2. The molecule has 0 unspecified atom stereocenters. The lowest BCUT2D eigenvalue weighted by atomic mass is 10.1. The molecule has 27 heavy (non-hydrogen) atoms. The average molecular weight is 369 g/mol. The standard InChI is InChI=1S/C22H28FN3O/c1-18-5-4-7-20(17-18)26-15-13-25(14-16-26)12-10-22(27)24-11-9-19-6-2-3-8-21(19)23/h2-8,17H,9-16H2,1H3,(H,24,27). The third-order valence-corrected chi connectivity index (χ3v) is 5.07. The van der Waals surface area contributed by atoms with Crippen molar-refractivity contribution >= 4 is 11.6 Å². The van der Waals surface area contributed by atoms with Gasteiger partial charge in [0.1, 0.15) is 5.82 Å². The van der Waals surface area contributed by atoms with E-state index in [0.717, 1.165) is 32.7 Å². The fraction of sp³-hybridized carbons (Fsp3) is 0.409. The van der Waals surface area contributed by atoms with Crippen LogP contribution in [0.1, 0.15) is 17.5 Å². The molecule has 1 N–H and O–H groups in total. The molecule has 0 saturated carbocycles. The predicted molar refractivity (Wildman–Crippen MR) is 108 cm³/mol. The molecule has 144 valence electrons. The first-order chi connectivity index (χ1) is 13.1. The van der Waals surface area contributed by atoms with Crippen molar-refractivity contribution in [3.8, 4) is 0 Å². The fourth-order valence-electron chi connectivity index (χ4n) is 3.44. The van der Waals surface area contributed by atoms with Crippen LogP contribution in [0.25, 0.3) is 0 Å². The second-order valence-corrected chi connectivity index (χ2v) is 7.11. The highest BCUT2D eigenvalue weighted by Crippen LogP contribution is 2.17. The summed E-state index contributed by atoms with van der Waals surface area (Å²) in [7, 11) is 0. The molecule has 0 radical (unpaired) electrons. The van der Waals surface area contributed by atoms with Crippen LogP contribution < -0.4 is 10.2 Å². The minimum absolute atomic E-state index is 0.0347. The van der Waals surface area contributed by atoms with Crippen LogP contribution in [0.2, 0.25) is 0 Å². The van der Waals surface area contributed by atoms with E-state index in [-0.39, 0.29) is 11.7 Å². The predicted octanol–water partition coefficient (Wildman–Crippen LogP) is 3.01. The van der Waals surface area contributed by atoms with E-state index in [1.165, 1.54) is 17.3 Å². The van der Waals surface area contributed by atoms with E-state index >= 15 is 0 Å². The lowest BCUT2D eigenvalue weighted by Gasteiger charge is -2.36. The van der Waals surface area contributed by atoms with Gasteiger partial charge in [0.05, 0.1) is 0 Å². The van der Waals surface area contributed by atoms with E-state index in [1.54, 1.807) is 12.1 Å². The molecule has 1 saturated heterocycles. The summed E-state index contributed by atoms with van der Waals surface area (Å²) in [6.07, 6.45) is 1.01. The molecule has 0 bridgehead atoms. The zero-order chi connectivity index (χ0) is 19.1. The fourth-order valence-corrected chi connectivity index (χ4v) is 3.44. The van der Waals surface area contributed by atoms with E-state index in [2.05, 4.69) is 46.3 Å². The van der Waals surface area contributed by atoms with E-state index in [9.17, 15) is 9.18 Å². The van der Waals surface area contributed by atoms with Crippen LogP contribution in [0.15, 0.2) is 48.5 Å². The van der Waals surface area contributed by atoms with Gasteiger partial charge in [-0.2, -0.15) is 0 Å². The molecule has 0 spiro atoms. The number of nitrogens with zero attached hydrogens (tertiary/aromatic N) is 2. The minimum atomic E-state index is -0.210. The molecule has 5 heteroatoms. The van der Waals surface area contributed by atoms with Gasteiger partial charge < -0.3 is 10.2 Å². The number of aryl methyl sites for hydroxylation is 1. The Kier molecular flexibility index (Phi) is 6.82. The molecule has 2 aromatic carbocycles. The first-order valence-corrected chi connectivity index (χ1v) is 9.66. The summed E-state index contributed by atoms with van der Waals surface area (Å²) in [5, 5.41) is 2.90. The quantitative estimate of drug-likeness (QED) is 0.815. The van der Waals surface area contributed by atoms with Crippen LogP contribution in [0.3, 0.4) is 0 Å². The van der Waals surface area contributed by atoms with Crippen LogP contribution >= 0.6 is 0 Å². The number of rotatable bonds is 7. The van der Waals surface area contributed by atoms with Crippen molar-refractivity contribution < 1.29 is 9.18 Å². The molecule has 2 aromatic rings. The smallest absolute Gasteiger partial charge is 0.221 e. The van der Waals surface area contributed by atoms with Crippen molar-refractivity contribution in [1.29, 1.82) is 0 Å². The van der Waals surface area contributed by atoms with Crippen molar-refractivity contribution in [3.63, 3.8) is 0 Å². The number of halogens is 1. The van der Waals surface area contributed by atoms with Crippen molar-refractivity contribution in [2.75, 3.05) is 44.2 Å². The molecule has 4 nitrogen and oxygen atoms in total. The third kappa shape index (κ3) is 5.79. The normalized spacial score (nSPS) is 15.0. The highest BCUT2D eigenvalue weighted by atomic mass is 19.1. The van der Waals surface area contributed by atoms with Gasteiger partial charge in [-0.3, -0.25) is 9.69 Å². The lowest BCUT2D eigenvalue weighted by molar-refractivity contribution is -0.121. The van der Waals surface area contributed by atoms with Crippen molar-refractivity contribution in [2.24, 2.45) is 0 Å². The molecule has 1 amide bonds. The number of piperazine rings is 1. The zero-order valence-corrected chi connectivity index (χ0v) is 16.0.